The Hall–Kier alpha value is -7.93. The van der Waals surface area contributed by atoms with Crippen LogP contribution in [0.1, 0.15) is 18.7 Å². The van der Waals surface area contributed by atoms with E-state index in [1.807, 2.05) is 18.2 Å². The van der Waals surface area contributed by atoms with Crippen LogP contribution in [0.2, 0.25) is 0 Å². The quantitative estimate of drug-likeness (QED) is 0.168. The number of benzene rings is 8. The van der Waals surface area contributed by atoms with Crippen molar-refractivity contribution in [2.45, 2.75) is 12.8 Å². The van der Waals surface area contributed by atoms with Crippen LogP contribution in [0.4, 0.5) is 0 Å². The van der Waals surface area contributed by atoms with Gasteiger partial charge in [-0.3, -0.25) is 0 Å². The number of nitrogens with zero attached hydrogens (tertiary/aromatic N) is 5. The first-order chi connectivity index (χ1) is 31.2. The summed E-state index contributed by atoms with van der Waals surface area (Å²) in [7, 11) is 0. The van der Waals surface area contributed by atoms with E-state index in [-0.39, 0.29) is 0 Å². The van der Waals surface area contributed by atoms with Crippen LogP contribution in [0.3, 0.4) is 0 Å². The molecular weight excluding hydrogens is 787 g/mol. The molecule has 0 bridgehead atoms. The molecule has 6 heteroatoms. The van der Waals surface area contributed by atoms with Gasteiger partial charge in [0.15, 0.2) is 17.5 Å². The number of allylic oxidation sites excluding steroid dienone is 4. The Balaban J connectivity index is 0.940. The fourth-order valence-electron chi connectivity index (χ4n) is 9.66. The number of hydrogen-bond acceptors (Lipinski definition) is 4. The molecule has 8 aromatic carbocycles. The molecule has 1 aliphatic carbocycles. The Labute approximate surface area is 367 Å². The summed E-state index contributed by atoms with van der Waals surface area (Å²) in [5.41, 5.74) is 12.5. The lowest BCUT2D eigenvalue weighted by atomic mass is 10.0. The predicted molar refractivity (Wildman–Crippen MR) is 264 cm³/mol. The Morgan fingerprint density at radius 1 is 0.397 bits per heavy atom. The minimum absolute atomic E-state index is 0.682. The van der Waals surface area contributed by atoms with Crippen LogP contribution in [-0.4, -0.2) is 24.1 Å². The minimum Gasteiger partial charge on any atom is -0.309 e. The number of aromatic nitrogens is 5. The van der Waals surface area contributed by atoms with Gasteiger partial charge in [0.05, 0.1) is 22.1 Å². The molecule has 0 saturated heterocycles. The maximum atomic E-state index is 5.13. The Kier molecular flexibility index (Phi) is 8.14. The smallest absolute Gasteiger partial charge is 0.165 e. The maximum absolute atomic E-state index is 5.13. The average molecular weight is 824 g/mol. The Bertz CT molecular complexity index is 3850. The first kappa shape index (κ1) is 35.8. The molecule has 0 saturated carbocycles. The second-order valence-corrected chi connectivity index (χ2v) is 17.3. The van der Waals surface area contributed by atoms with Crippen molar-refractivity contribution >= 4 is 80.7 Å². The van der Waals surface area contributed by atoms with E-state index in [1.54, 1.807) is 11.3 Å². The highest BCUT2D eigenvalue weighted by atomic mass is 32.1. The van der Waals surface area contributed by atoms with Crippen LogP contribution in [0.5, 0.6) is 0 Å². The van der Waals surface area contributed by atoms with Crippen molar-refractivity contribution in [3.8, 4) is 45.3 Å². The van der Waals surface area contributed by atoms with Crippen LogP contribution in [0, 0.1) is 0 Å². The Morgan fingerprint density at radius 2 is 1.00 bits per heavy atom. The molecule has 4 heterocycles. The van der Waals surface area contributed by atoms with Crippen molar-refractivity contribution in [3.63, 3.8) is 0 Å². The molecule has 0 atom stereocenters. The second kappa shape index (κ2) is 14.3. The number of para-hydroxylation sites is 3. The molecule has 0 spiro atoms. The fourth-order valence-corrected chi connectivity index (χ4v) is 10.9. The van der Waals surface area contributed by atoms with E-state index in [4.69, 9.17) is 15.0 Å². The molecule has 296 valence electrons. The summed E-state index contributed by atoms with van der Waals surface area (Å²) in [4.78, 5) is 15.2. The van der Waals surface area contributed by atoms with Crippen molar-refractivity contribution < 1.29 is 0 Å². The van der Waals surface area contributed by atoms with E-state index in [2.05, 4.69) is 191 Å². The van der Waals surface area contributed by atoms with Gasteiger partial charge in [0.1, 0.15) is 0 Å². The molecule has 0 aliphatic heterocycles. The topological polar surface area (TPSA) is 48.5 Å². The fraction of sp³-hybridized carbons (Fsp3) is 0.0351. The highest BCUT2D eigenvalue weighted by Gasteiger charge is 2.20. The summed E-state index contributed by atoms with van der Waals surface area (Å²) >= 11 is 1.80. The molecule has 0 N–H and O–H groups in total. The van der Waals surface area contributed by atoms with Crippen LogP contribution in [0.15, 0.2) is 200 Å². The van der Waals surface area contributed by atoms with Crippen LogP contribution in [0.25, 0.3) is 115 Å². The molecule has 1 aliphatic rings. The van der Waals surface area contributed by atoms with Crippen molar-refractivity contribution in [2.24, 2.45) is 0 Å². The van der Waals surface area contributed by atoms with Gasteiger partial charge in [-0.15, -0.1) is 11.3 Å². The first-order valence-corrected chi connectivity index (χ1v) is 22.3. The molecule has 12 aromatic rings. The number of hydrogen-bond donors (Lipinski definition) is 0. The summed E-state index contributed by atoms with van der Waals surface area (Å²) in [6.45, 7) is 0. The van der Waals surface area contributed by atoms with Gasteiger partial charge in [-0.2, -0.15) is 0 Å². The first-order valence-electron chi connectivity index (χ1n) is 21.5. The summed E-state index contributed by atoms with van der Waals surface area (Å²) in [6, 6.07) is 65.7. The van der Waals surface area contributed by atoms with E-state index < -0.39 is 0 Å². The van der Waals surface area contributed by atoms with Crippen molar-refractivity contribution in [2.75, 3.05) is 0 Å². The van der Waals surface area contributed by atoms with Gasteiger partial charge in [-0.25, -0.2) is 15.0 Å². The molecule has 63 heavy (non-hydrogen) atoms. The van der Waals surface area contributed by atoms with Gasteiger partial charge in [0, 0.05) is 69.8 Å². The van der Waals surface area contributed by atoms with Gasteiger partial charge >= 0.3 is 0 Å². The van der Waals surface area contributed by atoms with Crippen molar-refractivity contribution in [1.29, 1.82) is 0 Å². The van der Waals surface area contributed by atoms with Crippen LogP contribution in [-0.2, 0) is 0 Å². The third-order valence-corrected chi connectivity index (χ3v) is 13.8. The third kappa shape index (κ3) is 5.79. The summed E-state index contributed by atoms with van der Waals surface area (Å²) in [5, 5.41) is 7.38. The lowest BCUT2D eigenvalue weighted by Crippen LogP contribution is -2.03. The zero-order valence-corrected chi connectivity index (χ0v) is 34.9. The molecule has 5 nitrogen and oxygen atoms in total. The van der Waals surface area contributed by atoms with E-state index in [1.165, 1.54) is 80.6 Å². The standard InChI is InChI=1S/C57H37N5S/c1-4-15-36(16-5-1)55-58-56(37-17-6-2-7-18-37)60-57(59-55)45-24-14-23-44-48-35-41(29-32-53(48)63-54(44)45)62-50-26-13-11-22-43(50)47-34-39(28-31-52(47)62)38-27-30-51-46(33-38)42-21-10-12-25-49(42)61(51)40-19-8-3-9-20-40/h1,3-6,8-35H,2,7H2. The van der Waals surface area contributed by atoms with Crippen molar-refractivity contribution in [1.82, 2.24) is 24.1 Å². The summed E-state index contributed by atoms with van der Waals surface area (Å²) < 4.78 is 7.19. The third-order valence-electron chi connectivity index (χ3n) is 12.6. The zero-order valence-electron chi connectivity index (χ0n) is 34.1. The normalized spacial score (nSPS) is 13.0. The van der Waals surface area contributed by atoms with Crippen LogP contribution >= 0.6 is 11.3 Å². The van der Waals surface area contributed by atoms with Gasteiger partial charge in [-0.1, -0.05) is 127 Å². The molecule has 0 amide bonds. The number of thiophene rings is 1. The zero-order chi connectivity index (χ0) is 41.4. The van der Waals surface area contributed by atoms with Crippen LogP contribution < -0.4 is 0 Å². The van der Waals surface area contributed by atoms with Gasteiger partial charge < -0.3 is 9.13 Å². The number of rotatable bonds is 6. The summed E-state index contributed by atoms with van der Waals surface area (Å²) in [5.74, 6) is 2.08. The predicted octanol–water partition coefficient (Wildman–Crippen LogP) is 15.2. The largest absolute Gasteiger partial charge is 0.309 e. The van der Waals surface area contributed by atoms with Gasteiger partial charge in [0.2, 0.25) is 0 Å². The Morgan fingerprint density at radius 3 is 1.70 bits per heavy atom. The molecule has 4 aromatic heterocycles. The van der Waals surface area contributed by atoms with E-state index >= 15 is 0 Å². The maximum Gasteiger partial charge on any atom is 0.165 e. The molecule has 0 radical (unpaired) electrons. The van der Waals surface area contributed by atoms with Gasteiger partial charge in [-0.05, 0) is 96.8 Å². The minimum atomic E-state index is 0.682. The lowest BCUT2D eigenvalue weighted by Gasteiger charge is -2.11. The number of fused-ring (bicyclic) bond motifs is 9. The molecule has 0 fully saturated rings. The second-order valence-electron chi connectivity index (χ2n) is 16.3. The highest BCUT2D eigenvalue weighted by molar-refractivity contribution is 7.26. The molecular formula is C57H37N5S. The van der Waals surface area contributed by atoms with E-state index in [0.717, 1.165) is 35.2 Å². The van der Waals surface area contributed by atoms with Gasteiger partial charge in [0.25, 0.3) is 0 Å². The summed E-state index contributed by atoms with van der Waals surface area (Å²) in [6.07, 6.45) is 8.59. The lowest BCUT2D eigenvalue weighted by molar-refractivity contribution is 1.01. The SMILES string of the molecule is C1=CC(c2nc(-c3ccccc3)nc(-c3cccc4c3sc3ccc(-n5c6ccccc6c6cc(-c7ccc8c(c7)c7ccccc7n8-c7ccccc7)ccc65)cc34)n2)=CCC1. The monoisotopic (exact) mass is 823 g/mol. The highest BCUT2D eigenvalue weighted by Crippen LogP contribution is 2.43. The molecule has 13 rings (SSSR count). The van der Waals surface area contributed by atoms with E-state index in [9.17, 15) is 0 Å². The average Bonchev–Trinajstić information content (AvgIpc) is 4.01. The molecule has 0 unspecified atom stereocenters. The van der Waals surface area contributed by atoms with Crippen molar-refractivity contribution in [3.05, 3.63) is 206 Å². The van der Waals surface area contributed by atoms with E-state index in [0.29, 0.717) is 17.5 Å².